The molecule has 4 nitrogen and oxygen atoms in total. The molecule has 2 rings (SSSR count). The lowest BCUT2D eigenvalue weighted by Gasteiger charge is -2.24. The molecule has 1 atom stereocenters. The van der Waals surface area contributed by atoms with Crippen LogP contribution in [0.25, 0.3) is 0 Å². The molecular formula is C10H18N4S. The number of aromatic nitrogens is 2. The SMILES string of the molecule is Cc1nsc(NCC(C)N(C)C2CC2)n1. The molecule has 0 amide bonds. The van der Waals surface area contributed by atoms with E-state index in [0.29, 0.717) is 6.04 Å². The fourth-order valence-corrected chi connectivity index (χ4v) is 2.17. The van der Waals surface area contributed by atoms with E-state index in [4.69, 9.17) is 0 Å². The number of nitrogens with one attached hydrogen (secondary N) is 1. The Balaban J connectivity index is 1.77. The van der Waals surface area contributed by atoms with Crippen LogP contribution in [0, 0.1) is 6.92 Å². The maximum atomic E-state index is 4.28. The molecule has 1 heterocycles. The molecule has 84 valence electrons. The van der Waals surface area contributed by atoms with Crippen molar-refractivity contribution in [2.45, 2.75) is 38.8 Å². The van der Waals surface area contributed by atoms with Gasteiger partial charge in [-0.2, -0.15) is 4.37 Å². The fraction of sp³-hybridized carbons (Fsp3) is 0.800. The van der Waals surface area contributed by atoms with Gasteiger partial charge in [-0.25, -0.2) is 4.98 Å². The minimum atomic E-state index is 0.557. The van der Waals surface area contributed by atoms with Gasteiger partial charge in [0, 0.05) is 30.2 Å². The molecular weight excluding hydrogens is 208 g/mol. The monoisotopic (exact) mass is 226 g/mol. The Morgan fingerprint density at radius 2 is 2.33 bits per heavy atom. The molecule has 0 saturated heterocycles. The molecule has 0 bridgehead atoms. The van der Waals surface area contributed by atoms with Crippen molar-refractivity contribution in [2.75, 3.05) is 18.9 Å². The van der Waals surface area contributed by atoms with Crippen molar-refractivity contribution >= 4 is 16.7 Å². The number of anilines is 1. The summed E-state index contributed by atoms with van der Waals surface area (Å²) >= 11 is 1.44. The van der Waals surface area contributed by atoms with Crippen LogP contribution in [0.4, 0.5) is 5.13 Å². The molecule has 1 unspecified atom stereocenters. The Morgan fingerprint density at radius 3 is 2.87 bits per heavy atom. The van der Waals surface area contributed by atoms with Gasteiger partial charge in [0.25, 0.3) is 0 Å². The largest absolute Gasteiger partial charge is 0.359 e. The van der Waals surface area contributed by atoms with Crippen molar-refractivity contribution in [3.8, 4) is 0 Å². The first kappa shape index (κ1) is 10.8. The summed E-state index contributed by atoms with van der Waals surface area (Å²) in [5, 5.41) is 4.27. The molecule has 0 aromatic carbocycles. The lowest BCUT2D eigenvalue weighted by molar-refractivity contribution is 0.257. The molecule has 1 aromatic heterocycles. The zero-order valence-corrected chi connectivity index (χ0v) is 10.3. The lowest BCUT2D eigenvalue weighted by atomic mass is 10.3. The quantitative estimate of drug-likeness (QED) is 0.830. The van der Waals surface area contributed by atoms with E-state index in [1.165, 1.54) is 24.4 Å². The maximum Gasteiger partial charge on any atom is 0.202 e. The van der Waals surface area contributed by atoms with Crippen molar-refractivity contribution in [3.05, 3.63) is 5.82 Å². The van der Waals surface area contributed by atoms with Crippen LogP contribution in [0.1, 0.15) is 25.6 Å². The zero-order chi connectivity index (χ0) is 10.8. The van der Waals surface area contributed by atoms with Crippen molar-refractivity contribution < 1.29 is 0 Å². The second kappa shape index (κ2) is 4.45. The first-order valence-electron chi connectivity index (χ1n) is 5.43. The Labute approximate surface area is 94.9 Å². The molecule has 1 fully saturated rings. The molecule has 0 radical (unpaired) electrons. The predicted octanol–water partition coefficient (Wildman–Crippen LogP) is 1.74. The Kier molecular flexibility index (Phi) is 3.21. The lowest BCUT2D eigenvalue weighted by Crippen LogP contribution is -2.36. The number of hydrogen-bond acceptors (Lipinski definition) is 5. The first-order chi connectivity index (χ1) is 7.16. The van der Waals surface area contributed by atoms with Crippen LogP contribution in [0.5, 0.6) is 0 Å². The van der Waals surface area contributed by atoms with Gasteiger partial charge in [0.2, 0.25) is 5.13 Å². The third-order valence-corrected chi connectivity index (χ3v) is 3.66. The molecule has 0 spiro atoms. The van der Waals surface area contributed by atoms with Gasteiger partial charge in [-0.15, -0.1) is 0 Å². The average Bonchev–Trinajstić information content (AvgIpc) is 2.98. The summed E-state index contributed by atoms with van der Waals surface area (Å²) in [5.74, 6) is 0.853. The van der Waals surface area contributed by atoms with Crippen LogP contribution in [0.2, 0.25) is 0 Å². The van der Waals surface area contributed by atoms with Crippen LogP contribution in [0.15, 0.2) is 0 Å². The van der Waals surface area contributed by atoms with Gasteiger partial charge >= 0.3 is 0 Å². The second-order valence-electron chi connectivity index (χ2n) is 4.27. The predicted molar refractivity (Wildman–Crippen MR) is 63.4 cm³/mol. The molecule has 1 aliphatic rings. The van der Waals surface area contributed by atoms with E-state index in [2.05, 4.69) is 33.5 Å². The van der Waals surface area contributed by atoms with E-state index in [0.717, 1.165) is 23.5 Å². The van der Waals surface area contributed by atoms with Crippen molar-refractivity contribution in [1.82, 2.24) is 14.3 Å². The van der Waals surface area contributed by atoms with E-state index in [1.54, 1.807) is 0 Å². The van der Waals surface area contributed by atoms with E-state index < -0.39 is 0 Å². The van der Waals surface area contributed by atoms with Gasteiger partial charge in [-0.05, 0) is 33.7 Å². The molecule has 5 heteroatoms. The van der Waals surface area contributed by atoms with Gasteiger partial charge in [-0.1, -0.05) is 0 Å². The van der Waals surface area contributed by atoms with Crippen molar-refractivity contribution in [2.24, 2.45) is 0 Å². The summed E-state index contributed by atoms with van der Waals surface area (Å²) in [6.45, 7) is 5.11. The number of nitrogens with zero attached hydrogens (tertiary/aromatic N) is 3. The van der Waals surface area contributed by atoms with E-state index in [-0.39, 0.29) is 0 Å². The highest BCUT2D eigenvalue weighted by Gasteiger charge is 2.28. The third kappa shape index (κ3) is 2.89. The highest BCUT2D eigenvalue weighted by Crippen LogP contribution is 2.26. The molecule has 1 N–H and O–H groups in total. The van der Waals surface area contributed by atoms with E-state index in [1.807, 2.05) is 6.92 Å². The Hall–Kier alpha value is -0.680. The van der Waals surface area contributed by atoms with Gasteiger partial charge in [0.05, 0.1) is 0 Å². The smallest absolute Gasteiger partial charge is 0.202 e. The number of likely N-dealkylation sites (N-methyl/N-ethyl adjacent to an activating group) is 1. The van der Waals surface area contributed by atoms with Gasteiger partial charge in [0.1, 0.15) is 5.82 Å². The standard InChI is InChI=1S/C10H18N4S/c1-7(14(3)9-4-5-9)6-11-10-12-8(2)13-15-10/h7,9H,4-6H2,1-3H3,(H,11,12,13). The van der Waals surface area contributed by atoms with Crippen LogP contribution in [-0.2, 0) is 0 Å². The molecule has 1 aromatic rings. The maximum absolute atomic E-state index is 4.28. The average molecular weight is 226 g/mol. The highest BCUT2D eigenvalue weighted by atomic mass is 32.1. The Bertz CT molecular complexity index is 321. The van der Waals surface area contributed by atoms with Gasteiger partial charge < -0.3 is 5.32 Å². The van der Waals surface area contributed by atoms with E-state index in [9.17, 15) is 0 Å². The zero-order valence-electron chi connectivity index (χ0n) is 9.53. The summed E-state index contributed by atoms with van der Waals surface area (Å²) in [7, 11) is 2.20. The minimum absolute atomic E-state index is 0.557. The van der Waals surface area contributed by atoms with Crippen LogP contribution < -0.4 is 5.32 Å². The summed E-state index contributed by atoms with van der Waals surface area (Å²) in [6, 6.07) is 1.37. The summed E-state index contributed by atoms with van der Waals surface area (Å²) in [5.41, 5.74) is 0. The van der Waals surface area contributed by atoms with Crippen LogP contribution >= 0.6 is 11.5 Å². The van der Waals surface area contributed by atoms with Crippen LogP contribution in [0.3, 0.4) is 0 Å². The Morgan fingerprint density at radius 1 is 1.60 bits per heavy atom. The number of rotatable bonds is 5. The second-order valence-corrected chi connectivity index (χ2v) is 5.03. The van der Waals surface area contributed by atoms with Crippen LogP contribution in [-0.4, -0.2) is 39.9 Å². The van der Waals surface area contributed by atoms with Gasteiger partial charge in [0.15, 0.2) is 0 Å². The molecule has 1 saturated carbocycles. The third-order valence-electron chi connectivity index (χ3n) is 2.89. The molecule has 15 heavy (non-hydrogen) atoms. The molecule has 0 aliphatic heterocycles. The van der Waals surface area contributed by atoms with Crippen molar-refractivity contribution in [3.63, 3.8) is 0 Å². The summed E-state index contributed by atoms with van der Waals surface area (Å²) in [6.07, 6.45) is 2.72. The normalized spacial score (nSPS) is 18.1. The van der Waals surface area contributed by atoms with E-state index >= 15 is 0 Å². The van der Waals surface area contributed by atoms with Crippen molar-refractivity contribution in [1.29, 1.82) is 0 Å². The molecule has 1 aliphatic carbocycles. The number of hydrogen-bond donors (Lipinski definition) is 1. The fourth-order valence-electron chi connectivity index (χ4n) is 1.59. The summed E-state index contributed by atoms with van der Waals surface area (Å²) < 4.78 is 4.14. The topological polar surface area (TPSA) is 41.1 Å². The first-order valence-corrected chi connectivity index (χ1v) is 6.20. The highest BCUT2D eigenvalue weighted by molar-refractivity contribution is 7.09. The number of aryl methyl sites for hydroxylation is 1. The van der Waals surface area contributed by atoms with Gasteiger partial charge in [-0.3, -0.25) is 4.90 Å². The minimum Gasteiger partial charge on any atom is -0.359 e. The summed E-state index contributed by atoms with van der Waals surface area (Å²) in [4.78, 5) is 6.73.